The molecule has 1 aromatic heterocycles. The van der Waals surface area contributed by atoms with Gasteiger partial charge >= 0.3 is 5.97 Å². The minimum atomic E-state index is -0.916. The van der Waals surface area contributed by atoms with Gasteiger partial charge in [-0.15, -0.1) is 0 Å². The fourth-order valence-corrected chi connectivity index (χ4v) is 2.57. The predicted molar refractivity (Wildman–Crippen MR) is 71.2 cm³/mol. The van der Waals surface area contributed by atoms with Crippen LogP contribution >= 0.6 is 0 Å². The third kappa shape index (κ3) is 2.63. The van der Waals surface area contributed by atoms with Gasteiger partial charge in [-0.3, -0.25) is 0 Å². The highest BCUT2D eigenvalue weighted by atomic mass is 16.4. The number of carboxylic acid groups (broad SMARTS) is 1. The summed E-state index contributed by atoms with van der Waals surface area (Å²) in [6, 6.07) is 2.19. The lowest BCUT2D eigenvalue weighted by Crippen LogP contribution is -2.33. The van der Waals surface area contributed by atoms with E-state index >= 15 is 0 Å². The first-order valence-electron chi connectivity index (χ1n) is 6.56. The van der Waals surface area contributed by atoms with Crippen molar-refractivity contribution >= 4 is 11.8 Å². The largest absolute Gasteiger partial charge is 0.478 e. The maximum Gasteiger partial charge on any atom is 0.337 e. The van der Waals surface area contributed by atoms with Crippen LogP contribution in [0, 0.1) is 6.92 Å². The lowest BCUT2D eigenvalue weighted by molar-refractivity contribution is 0.0696. The second kappa shape index (κ2) is 5.38. The van der Waals surface area contributed by atoms with Crippen molar-refractivity contribution in [1.82, 2.24) is 4.98 Å². The first-order chi connectivity index (χ1) is 8.59. The Hall–Kier alpha value is -1.58. The van der Waals surface area contributed by atoms with Gasteiger partial charge in [0, 0.05) is 18.8 Å². The molecule has 98 valence electrons. The Labute approximate surface area is 108 Å². The molecule has 2 heterocycles. The fourth-order valence-electron chi connectivity index (χ4n) is 2.57. The zero-order chi connectivity index (χ0) is 13.1. The van der Waals surface area contributed by atoms with Crippen molar-refractivity contribution in [3.05, 3.63) is 23.4 Å². The van der Waals surface area contributed by atoms with Gasteiger partial charge in [-0.1, -0.05) is 12.8 Å². The number of hydrogen-bond acceptors (Lipinski definition) is 3. The molecule has 18 heavy (non-hydrogen) atoms. The normalized spacial score (nSPS) is 20.6. The molecule has 1 aliphatic rings. The summed E-state index contributed by atoms with van der Waals surface area (Å²) in [7, 11) is 0. The van der Waals surface area contributed by atoms with Gasteiger partial charge in [0.1, 0.15) is 5.82 Å². The minimum Gasteiger partial charge on any atom is -0.478 e. The van der Waals surface area contributed by atoms with Crippen LogP contribution in [0.15, 0.2) is 12.3 Å². The molecule has 1 unspecified atom stereocenters. The van der Waals surface area contributed by atoms with Gasteiger partial charge in [0.05, 0.1) is 5.56 Å². The Morgan fingerprint density at radius 1 is 1.44 bits per heavy atom. The molecule has 1 aromatic rings. The van der Waals surface area contributed by atoms with E-state index in [1.54, 1.807) is 6.07 Å². The molecule has 0 radical (unpaired) electrons. The van der Waals surface area contributed by atoms with Gasteiger partial charge in [0.15, 0.2) is 0 Å². The summed E-state index contributed by atoms with van der Waals surface area (Å²) in [6.07, 6.45) is 6.37. The molecule has 0 aliphatic carbocycles. The Balaban J connectivity index is 2.29. The van der Waals surface area contributed by atoms with Crippen LogP contribution in [0.2, 0.25) is 0 Å². The van der Waals surface area contributed by atoms with Crippen LogP contribution in [0.1, 0.15) is 48.5 Å². The molecular weight excluding hydrogens is 228 g/mol. The molecule has 1 atom stereocenters. The van der Waals surface area contributed by atoms with Crippen molar-refractivity contribution in [3.8, 4) is 0 Å². The maximum absolute atomic E-state index is 10.9. The van der Waals surface area contributed by atoms with Crippen LogP contribution in [-0.4, -0.2) is 28.6 Å². The summed E-state index contributed by atoms with van der Waals surface area (Å²) in [6.45, 7) is 5.17. The third-order valence-electron chi connectivity index (χ3n) is 3.62. The number of carboxylic acids is 1. The molecule has 0 aromatic carbocycles. The zero-order valence-corrected chi connectivity index (χ0v) is 11.0. The molecule has 0 spiro atoms. The summed E-state index contributed by atoms with van der Waals surface area (Å²) in [5, 5.41) is 8.95. The van der Waals surface area contributed by atoms with Gasteiger partial charge < -0.3 is 10.0 Å². The molecule has 1 N–H and O–H groups in total. The highest BCUT2D eigenvalue weighted by Gasteiger charge is 2.20. The van der Waals surface area contributed by atoms with Gasteiger partial charge in [0.25, 0.3) is 0 Å². The second-order valence-electron chi connectivity index (χ2n) is 5.06. The quantitative estimate of drug-likeness (QED) is 0.874. The zero-order valence-electron chi connectivity index (χ0n) is 11.0. The molecule has 1 saturated heterocycles. The van der Waals surface area contributed by atoms with E-state index in [0.717, 1.165) is 17.9 Å². The van der Waals surface area contributed by atoms with Crippen LogP contribution in [0.5, 0.6) is 0 Å². The third-order valence-corrected chi connectivity index (χ3v) is 3.62. The molecule has 1 aliphatic heterocycles. The Morgan fingerprint density at radius 2 is 2.22 bits per heavy atom. The molecular formula is C14H20N2O2. The van der Waals surface area contributed by atoms with Crippen molar-refractivity contribution < 1.29 is 9.90 Å². The molecule has 4 heteroatoms. The van der Waals surface area contributed by atoms with Crippen molar-refractivity contribution in [2.24, 2.45) is 0 Å². The summed E-state index contributed by atoms with van der Waals surface area (Å²) in [5.74, 6) is 0.0236. The molecule has 1 fully saturated rings. The molecule has 0 bridgehead atoms. The average Bonchev–Trinajstić information content (AvgIpc) is 2.54. The highest BCUT2D eigenvalue weighted by Crippen LogP contribution is 2.25. The molecule has 0 amide bonds. The summed E-state index contributed by atoms with van der Waals surface area (Å²) in [4.78, 5) is 17.6. The van der Waals surface area contributed by atoms with Gasteiger partial charge in [0.2, 0.25) is 0 Å². The van der Waals surface area contributed by atoms with Gasteiger partial charge in [-0.25, -0.2) is 9.78 Å². The van der Waals surface area contributed by atoms with Crippen LogP contribution in [0.3, 0.4) is 0 Å². The number of rotatable bonds is 2. The second-order valence-corrected chi connectivity index (χ2v) is 5.06. The average molecular weight is 248 g/mol. The predicted octanol–water partition coefficient (Wildman–Crippen LogP) is 2.86. The lowest BCUT2D eigenvalue weighted by Gasteiger charge is -2.29. The first kappa shape index (κ1) is 12.9. The van der Waals surface area contributed by atoms with E-state index < -0.39 is 5.97 Å². The number of aryl methyl sites for hydroxylation is 1. The van der Waals surface area contributed by atoms with E-state index in [2.05, 4.69) is 16.8 Å². The summed E-state index contributed by atoms with van der Waals surface area (Å²) >= 11 is 0. The number of anilines is 1. The van der Waals surface area contributed by atoms with Crippen LogP contribution in [0.25, 0.3) is 0 Å². The van der Waals surface area contributed by atoms with E-state index in [1.807, 2.05) is 6.92 Å². The highest BCUT2D eigenvalue weighted by molar-refractivity contribution is 5.87. The fraction of sp³-hybridized carbons (Fsp3) is 0.571. The topological polar surface area (TPSA) is 53.4 Å². The van der Waals surface area contributed by atoms with Crippen molar-refractivity contribution in [3.63, 3.8) is 0 Å². The number of carbonyl (C=O) groups is 1. The first-order valence-corrected chi connectivity index (χ1v) is 6.56. The van der Waals surface area contributed by atoms with Gasteiger partial charge in [-0.2, -0.15) is 0 Å². The lowest BCUT2D eigenvalue weighted by atomic mass is 10.1. The van der Waals surface area contributed by atoms with Crippen LogP contribution in [-0.2, 0) is 0 Å². The van der Waals surface area contributed by atoms with Crippen LogP contribution < -0.4 is 4.90 Å². The Kier molecular flexibility index (Phi) is 3.84. The van der Waals surface area contributed by atoms with Crippen molar-refractivity contribution in [2.75, 3.05) is 11.4 Å². The minimum absolute atomic E-state index is 0.263. The molecule has 4 nitrogen and oxygen atoms in total. The SMILES string of the molecule is Cc1cc(C(=O)O)cnc1N1CCCCCC1C. The Bertz CT molecular complexity index is 445. The number of aromatic nitrogens is 1. The van der Waals surface area contributed by atoms with E-state index in [1.165, 1.54) is 31.9 Å². The monoisotopic (exact) mass is 248 g/mol. The molecule has 0 saturated carbocycles. The van der Waals surface area contributed by atoms with Gasteiger partial charge in [-0.05, 0) is 38.3 Å². The van der Waals surface area contributed by atoms with Crippen molar-refractivity contribution in [1.29, 1.82) is 0 Å². The Morgan fingerprint density at radius 3 is 2.89 bits per heavy atom. The van der Waals surface area contributed by atoms with E-state index in [0.29, 0.717) is 6.04 Å². The maximum atomic E-state index is 10.9. The number of hydrogen-bond donors (Lipinski definition) is 1. The number of aromatic carboxylic acids is 1. The van der Waals surface area contributed by atoms with Crippen LogP contribution in [0.4, 0.5) is 5.82 Å². The summed E-state index contributed by atoms with van der Waals surface area (Å²) in [5.41, 5.74) is 1.21. The molecule has 2 rings (SSSR count). The standard InChI is InChI=1S/C14H20N2O2/c1-10-8-12(14(17)18)9-15-13(10)16-7-5-3-4-6-11(16)2/h8-9,11H,3-7H2,1-2H3,(H,17,18). The van der Waals surface area contributed by atoms with E-state index in [4.69, 9.17) is 5.11 Å². The van der Waals surface area contributed by atoms with E-state index in [9.17, 15) is 4.79 Å². The van der Waals surface area contributed by atoms with Crippen molar-refractivity contribution in [2.45, 2.75) is 45.6 Å². The smallest absolute Gasteiger partial charge is 0.337 e. The summed E-state index contributed by atoms with van der Waals surface area (Å²) < 4.78 is 0. The number of pyridine rings is 1. The van der Waals surface area contributed by atoms with E-state index in [-0.39, 0.29) is 5.56 Å². The number of nitrogens with zero attached hydrogens (tertiary/aromatic N) is 2.